The lowest BCUT2D eigenvalue weighted by Crippen LogP contribution is -2.32. The highest BCUT2D eigenvalue weighted by atomic mass is 32.2. The highest BCUT2D eigenvalue weighted by Gasteiger charge is 2.13. The van der Waals surface area contributed by atoms with Gasteiger partial charge in [0.25, 0.3) is 0 Å². The third-order valence-electron chi connectivity index (χ3n) is 2.57. The topological polar surface area (TPSA) is 90.2 Å². The standard InChI is InChI=1S/C13H18N2O3S/c1-2-4-13(16)9-15-19(17,18)10-12-6-3-5-11(7-12)8-14/h3,5-7,13,15-16H,2,4,9-10H2,1H3. The normalized spacial score (nSPS) is 12.9. The molecule has 0 radical (unpaired) electrons. The smallest absolute Gasteiger partial charge is 0.215 e. The molecule has 1 unspecified atom stereocenters. The molecule has 1 aromatic carbocycles. The van der Waals surface area contributed by atoms with Crippen LogP contribution >= 0.6 is 0 Å². The third-order valence-corrected chi connectivity index (χ3v) is 3.89. The van der Waals surface area contributed by atoms with Gasteiger partial charge in [-0.3, -0.25) is 0 Å². The number of rotatable bonds is 7. The van der Waals surface area contributed by atoms with Crippen molar-refractivity contribution in [1.29, 1.82) is 5.26 Å². The molecule has 1 atom stereocenters. The van der Waals surface area contributed by atoms with Gasteiger partial charge >= 0.3 is 0 Å². The summed E-state index contributed by atoms with van der Waals surface area (Å²) < 4.78 is 26.0. The van der Waals surface area contributed by atoms with Gasteiger partial charge in [-0.15, -0.1) is 0 Å². The summed E-state index contributed by atoms with van der Waals surface area (Å²) in [4.78, 5) is 0. The van der Waals surface area contributed by atoms with Crippen LogP contribution in [0.2, 0.25) is 0 Å². The fourth-order valence-corrected chi connectivity index (χ4v) is 2.83. The van der Waals surface area contributed by atoms with Crippen LogP contribution in [0.1, 0.15) is 30.9 Å². The van der Waals surface area contributed by atoms with Crippen molar-refractivity contribution in [2.45, 2.75) is 31.6 Å². The predicted molar refractivity (Wildman–Crippen MR) is 72.7 cm³/mol. The number of sulfonamides is 1. The quantitative estimate of drug-likeness (QED) is 0.784. The maximum atomic E-state index is 11.8. The molecule has 0 saturated carbocycles. The fourth-order valence-electron chi connectivity index (χ4n) is 1.66. The molecule has 1 aromatic rings. The van der Waals surface area contributed by atoms with Crippen molar-refractivity contribution >= 4 is 10.0 Å². The van der Waals surface area contributed by atoms with E-state index in [1.165, 1.54) is 0 Å². The number of nitriles is 1. The Hall–Kier alpha value is -1.42. The number of hydrogen-bond acceptors (Lipinski definition) is 4. The molecule has 2 N–H and O–H groups in total. The summed E-state index contributed by atoms with van der Waals surface area (Å²) in [5.41, 5.74) is 0.982. The van der Waals surface area contributed by atoms with Crippen LogP contribution in [-0.4, -0.2) is 26.2 Å². The monoisotopic (exact) mass is 282 g/mol. The van der Waals surface area contributed by atoms with Crippen molar-refractivity contribution in [3.63, 3.8) is 0 Å². The van der Waals surface area contributed by atoms with E-state index in [2.05, 4.69) is 4.72 Å². The zero-order valence-electron chi connectivity index (χ0n) is 10.8. The molecule has 0 aliphatic heterocycles. The summed E-state index contributed by atoms with van der Waals surface area (Å²) in [6.45, 7) is 1.94. The second kappa shape index (κ2) is 7.24. The average molecular weight is 282 g/mol. The van der Waals surface area contributed by atoms with Crippen LogP contribution in [-0.2, 0) is 15.8 Å². The summed E-state index contributed by atoms with van der Waals surface area (Å²) in [5, 5.41) is 18.2. The van der Waals surface area contributed by atoms with Gasteiger partial charge in [-0.2, -0.15) is 5.26 Å². The molecule has 0 fully saturated rings. The summed E-state index contributed by atoms with van der Waals surface area (Å²) in [5.74, 6) is -0.193. The number of nitrogens with one attached hydrogen (secondary N) is 1. The van der Waals surface area contributed by atoms with Gasteiger partial charge in [-0.05, 0) is 24.1 Å². The predicted octanol–water partition coefficient (Wildman–Crippen LogP) is 1.14. The van der Waals surface area contributed by atoms with Crippen LogP contribution in [0.4, 0.5) is 0 Å². The zero-order valence-corrected chi connectivity index (χ0v) is 11.7. The SMILES string of the molecule is CCCC(O)CNS(=O)(=O)Cc1cccc(C#N)c1. The van der Waals surface area contributed by atoms with Crippen LogP contribution < -0.4 is 4.72 Å². The molecule has 0 aromatic heterocycles. The largest absolute Gasteiger partial charge is 0.392 e. The van der Waals surface area contributed by atoms with E-state index in [1.54, 1.807) is 24.3 Å². The second-order valence-corrected chi connectivity index (χ2v) is 6.17. The first-order chi connectivity index (χ1) is 8.96. The number of hydrogen-bond donors (Lipinski definition) is 2. The molecule has 19 heavy (non-hydrogen) atoms. The zero-order chi connectivity index (χ0) is 14.3. The van der Waals surface area contributed by atoms with E-state index in [0.29, 0.717) is 17.5 Å². The van der Waals surface area contributed by atoms with Crippen LogP contribution in [0, 0.1) is 11.3 Å². The first-order valence-corrected chi connectivity index (χ1v) is 7.76. The molecular formula is C13H18N2O3S. The highest BCUT2D eigenvalue weighted by Crippen LogP contribution is 2.08. The Morgan fingerprint density at radius 1 is 1.47 bits per heavy atom. The molecule has 0 amide bonds. The Morgan fingerprint density at radius 2 is 2.21 bits per heavy atom. The summed E-state index contributed by atoms with van der Waals surface area (Å²) in [7, 11) is -3.49. The minimum atomic E-state index is -3.49. The van der Waals surface area contributed by atoms with Crippen LogP contribution in [0.25, 0.3) is 0 Å². The number of nitrogens with zero attached hydrogens (tertiary/aromatic N) is 1. The minimum absolute atomic E-state index is 0.0219. The Labute approximate surface area is 113 Å². The molecule has 0 heterocycles. The Morgan fingerprint density at radius 3 is 2.84 bits per heavy atom. The molecule has 0 aliphatic rings. The van der Waals surface area contributed by atoms with Crippen LogP contribution in [0.5, 0.6) is 0 Å². The summed E-state index contributed by atoms with van der Waals surface area (Å²) >= 11 is 0. The van der Waals surface area contributed by atoms with Crippen LogP contribution in [0.15, 0.2) is 24.3 Å². The van der Waals surface area contributed by atoms with Crippen molar-refractivity contribution < 1.29 is 13.5 Å². The lowest BCUT2D eigenvalue weighted by molar-refractivity contribution is 0.167. The van der Waals surface area contributed by atoms with Gasteiger partial charge in [-0.25, -0.2) is 13.1 Å². The third kappa shape index (κ3) is 5.83. The van der Waals surface area contributed by atoms with Gasteiger partial charge in [-0.1, -0.05) is 25.5 Å². The number of aliphatic hydroxyl groups is 1. The summed E-state index contributed by atoms with van der Waals surface area (Å²) in [6.07, 6.45) is 0.699. The highest BCUT2D eigenvalue weighted by molar-refractivity contribution is 7.88. The van der Waals surface area contributed by atoms with E-state index in [0.717, 1.165) is 6.42 Å². The molecule has 104 valence electrons. The lowest BCUT2D eigenvalue weighted by atomic mass is 10.2. The molecule has 6 heteroatoms. The number of benzene rings is 1. The minimum Gasteiger partial charge on any atom is -0.392 e. The van der Waals surface area contributed by atoms with Gasteiger partial charge in [0.2, 0.25) is 10.0 Å². The Balaban J connectivity index is 2.61. The van der Waals surface area contributed by atoms with Crippen molar-refractivity contribution in [2.75, 3.05) is 6.54 Å². The van der Waals surface area contributed by atoms with E-state index in [9.17, 15) is 13.5 Å². The van der Waals surface area contributed by atoms with Crippen molar-refractivity contribution in [3.05, 3.63) is 35.4 Å². The van der Waals surface area contributed by atoms with Gasteiger partial charge in [0.05, 0.1) is 23.5 Å². The maximum absolute atomic E-state index is 11.8. The Kier molecular flexibility index (Phi) is 5.96. The number of aliphatic hydroxyl groups excluding tert-OH is 1. The fraction of sp³-hybridized carbons (Fsp3) is 0.462. The van der Waals surface area contributed by atoms with E-state index in [-0.39, 0.29) is 12.3 Å². The lowest BCUT2D eigenvalue weighted by Gasteiger charge is -2.11. The van der Waals surface area contributed by atoms with Crippen molar-refractivity contribution in [1.82, 2.24) is 4.72 Å². The van der Waals surface area contributed by atoms with E-state index in [4.69, 9.17) is 5.26 Å². The van der Waals surface area contributed by atoms with E-state index >= 15 is 0 Å². The molecular weight excluding hydrogens is 264 g/mol. The Bertz CT molecular complexity index is 549. The molecule has 1 rings (SSSR count). The molecule has 5 nitrogen and oxygen atoms in total. The van der Waals surface area contributed by atoms with Gasteiger partial charge in [0.15, 0.2) is 0 Å². The van der Waals surface area contributed by atoms with E-state index < -0.39 is 16.1 Å². The molecule has 0 bridgehead atoms. The van der Waals surface area contributed by atoms with Gasteiger partial charge < -0.3 is 5.11 Å². The first kappa shape index (κ1) is 15.6. The average Bonchev–Trinajstić information content (AvgIpc) is 2.37. The summed E-state index contributed by atoms with van der Waals surface area (Å²) in [6, 6.07) is 8.43. The molecule has 0 spiro atoms. The maximum Gasteiger partial charge on any atom is 0.215 e. The molecule has 0 aliphatic carbocycles. The molecule has 0 saturated heterocycles. The van der Waals surface area contributed by atoms with Crippen molar-refractivity contribution in [3.8, 4) is 6.07 Å². The van der Waals surface area contributed by atoms with E-state index in [1.807, 2.05) is 13.0 Å². The van der Waals surface area contributed by atoms with Gasteiger partial charge in [0.1, 0.15) is 0 Å². The second-order valence-electron chi connectivity index (χ2n) is 4.36. The van der Waals surface area contributed by atoms with Crippen molar-refractivity contribution in [2.24, 2.45) is 0 Å². The first-order valence-electron chi connectivity index (χ1n) is 6.11. The van der Waals surface area contributed by atoms with Crippen LogP contribution in [0.3, 0.4) is 0 Å². The van der Waals surface area contributed by atoms with Gasteiger partial charge in [0, 0.05) is 6.54 Å².